The van der Waals surface area contributed by atoms with Gasteiger partial charge in [-0.1, -0.05) is 80.5 Å². The molecule has 2 aliphatic carbocycles. The van der Waals surface area contributed by atoms with Crippen LogP contribution in [-0.4, -0.2) is 63.6 Å². The van der Waals surface area contributed by atoms with Crippen LogP contribution in [0.4, 0.5) is 5.69 Å². The molecule has 2 aliphatic heterocycles. The van der Waals surface area contributed by atoms with Crippen molar-refractivity contribution >= 4 is 34.0 Å². The van der Waals surface area contributed by atoms with Gasteiger partial charge in [-0.2, -0.15) is 0 Å². The van der Waals surface area contributed by atoms with Gasteiger partial charge in [-0.15, -0.1) is 0 Å². The minimum absolute atomic E-state index is 0.00235. The molecule has 2 aromatic heterocycles. The Labute approximate surface area is 399 Å². The standard InChI is InChI=1S/C57H64N4O7/c1-37-10-6-7-22-57(37)23-19-48(68-38(2)62)30-47(64)31-52(42-17-18-54(66)55(28-42)67-3)60-35-43-14-9-16-51(50(43)36-60)61(25-21-53(65)39-11-4-5-12-39)56-29-41(20-24-59-56)49(40-13-8-15-46(63)26-40)27-44-33-58-34-45(44)32-57/h6-10,13-18,20,22,26,28-29,33-37,39,48-49,52,58-59,63,66H,4-5,11-12,19,21,23-25,27,30-32H2,1-3H3. The molecule has 11 nitrogen and oxygen atoms in total. The first-order valence-electron chi connectivity index (χ1n) is 24.4. The number of carbonyl (C=O) groups is 3. The Morgan fingerprint density at radius 3 is 2.53 bits per heavy atom. The molecule has 0 radical (unpaired) electrons. The van der Waals surface area contributed by atoms with E-state index in [1.807, 2.05) is 24.3 Å². The third-order valence-electron chi connectivity index (χ3n) is 15.1. The molecule has 5 unspecified atom stereocenters. The maximum Gasteiger partial charge on any atom is 0.302 e. The van der Waals surface area contributed by atoms with E-state index in [0.717, 1.165) is 71.1 Å². The lowest BCUT2D eigenvalue weighted by atomic mass is 9.66. The number of allylic oxidation sites excluding steroid dienone is 6. The zero-order valence-electron chi connectivity index (χ0n) is 39.5. The lowest BCUT2D eigenvalue weighted by molar-refractivity contribution is -0.148. The second-order valence-electron chi connectivity index (χ2n) is 19.4. The van der Waals surface area contributed by atoms with Crippen LogP contribution < -0.4 is 15.0 Å². The summed E-state index contributed by atoms with van der Waals surface area (Å²) < 4.78 is 13.6. The van der Waals surface area contributed by atoms with Crippen LogP contribution in [0.1, 0.15) is 106 Å². The first-order chi connectivity index (χ1) is 33.0. The summed E-state index contributed by atoms with van der Waals surface area (Å²) in [5.41, 5.74) is 5.81. The molecular formula is C57H64N4O7. The van der Waals surface area contributed by atoms with E-state index < -0.39 is 18.1 Å². The number of nitrogens with zero attached hydrogens (tertiary/aromatic N) is 2. The number of phenols is 2. The van der Waals surface area contributed by atoms with Gasteiger partial charge >= 0.3 is 5.97 Å². The van der Waals surface area contributed by atoms with Crippen LogP contribution in [-0.2, 0) is 32.0 Å². The van der Waals surface area contributed by atoms with Gasteiger partial charge in [0.05, 0.1) is 18.8 Å². The third kappa shape index (κ3) is 10.1. The number of aromatic amines is 1. The minimum Gasteiger partial charge on any atom is -0.508 e. The smallest absolute Gasteiger partial charge is 0.302 e. The molecule has 4 bridgehead atoms. The highest BCUT2D eigenvalue weighted by molar-refractivity contribution is 5.95. The number of carbonyl (C=O) groups excluding carboxylic acids is 3. The van der Waals surface area contributed by atoms with Gasteiger partial charge in [0.2, 0.25) is 0 Å². The van der Waals surface area contributed by atoms with Gasteiger partial charge in [-0.3, -0.25) is 14.4 Å². The zero-order chi connectivity index (χ0) is 47.4. The summed E-state index contributed by atoms with van der Waals surface area (Å²) in [7, 11) is 1.51. The van der Waals surface area contributed by atoms with E-state index in [-0.39, 0.29) is 53.3 Å². The van der Waals surface area contributed by atoms with Crippen LogP contribution in [0.2, 0.25) is 0 Å². The fourth-order valence-electron chi connectivity index (χ4n) is 11.3. The van der Waals surface area contributed by atoms with Gasteiger partial charge in [-0.25, -0.2) is 0 Å². The van der Waals surface area contributed by atoms with E-state index >= 15 is 0 Å². The number of benzene rings is 3. The van der Waals surface area contributed by atoms with Crippen molar-refractivity contribution in [2.24, 2.45) is 17.3 Å². The zero-order valence-corrected chi connectivity index (χ0v) is 39.5. The predicted octanol–water partition coefficient (Wildman–Crippen LogP) is 10.7. The number of rotatable bonds is 8. The number of hydrogen-bond donors (Lipinski definition) is 4. The number of Topliss-reactive ketones (excluding diaryl/α,β-unsaturated/α-hetero) is 2. The largest absolute Gasteiger partial charge is 0.508 e. The van der Waals surface area contributed by atoms with Gasteiger partial charge in [-0.05, 0) is 114 Å². The van der Waals surface area contributed by atoms with Gasteiger partial charge in [0, 0.05) is 86.7 Å². The number of dihydropyridines is 1. The number of H-pyrrole nitrogens is 1. The molecule has 11 heteroatoms. The Hall–Kier alpha value is -6.75. The Morgan fingerprint density at radius 2 is 1.74 bits per heavy atom. The number of aromatic nitrogens is 2. The number of aromatic hydroxyl groups is 2. The summed E-state index contributed by atoms with van der Waals surface area (Å²) in [6.45, 7) is 4.66. The van der Waals surface area contributed by atoms with Crippen molar-refractivity contribution in [3.8, 4) is 17.2 Å². The maximum atomic E-state index is 14.6. The van der Waals surface area contributed by atoms with Crippen molar-refractivity contribution in [1.82, 2.24) is 14.9 Å². The second-order valence-corrected chi connectivity index (χ2v) is 19.4. The minimum atomic E-state index is -0.643. The first-order valence-corrected chi connectivity index (χ1v) is 24.4. The molecule has 1 spiro atoms. The molecule has 0 saturated heterocycles. The van der Waals surface area contributed by atoms with E-state index in [0.29, 0.717) is 50.3 Å². The molecule has 4 heterocycles. The first kappa shape index (κ1) is 46.4. The molecule has 4 aliphatic rings. The van der Waals surface area contributed by atoms with Gasteiger partial charge in [0.15, 0.2) is 11.5 Å². The molecular weight excluding hydrogens is 853 g/mol. The quantitative estimate of drug-likeness (QED) is 0.112. The van der Waals surface area contributed by atoms with Crippen LogP contribution in [0.25, 0.3) is 10.8 Å². The topological polar surface area (TPSA) is 146 Å². The number of esters is 1. The number of ether oxygens (including phenoxy) is 2. The van der Waals surface area contributed by atoms with E-state index in [9.17, 15) is 24.6 Å². The molecule has 4 N–H and O–H groups in total. The average Bonchev–Trinajstić information content (AvgIpc) is 4.13. The molecule has 354 valence electrons. The van der Waals surface area contributed by atoms with Crippen molar-refractivity contribution in [2.75, 3.05) is 25.1 Å². The van der Waals surface area contributed by atoms with E-state index in [2.05, 4.69) is 106 Å². The van der Waals surface area contributed by atoms with Crippen molar-refractivity contribution in [3.05, 3.63) is 156 Å². The van der Waals surface area contributed by atoms with Crippen molar-refractivity contribution < 1.29 is 34.1 Å². The lowest BCUT2D eigenvalue weighted by Gasteiger charge is -2.38. The fourth-order valence-corrected chi connectivity index (χ4v) is 11.3. The lowest BCUT2D eigenvalue weighted by Crippen LogP contribution is -2.36. The number of hydrogen-bond acceptors (Lipinski definition) is 9. The number of ketones is 2. The number of fused-ring (bicyclic) bond motifs is 3. The van der Waals surface area contributed by atoms with Gasteiger partial charge in [0.1, 0.15) is 29.2 Å². The summed E-state index contributed by atoms with van der Waals surface area (Å²) in [5.74, 6) is 1.30. The molecule has 68 heavy (non-hydrogen) atoms. The van der Waals surface area contributed by atoms with Crippen LogP contribution >= 0.6 is 0 Å². The average molecular weight is 917 g/mol. The summed E-state index contributed by atoms with van der Waals surface area (Å²) in [6, 6.07) is 18.5. The van der Waals surface area contributed by atoms with Crippen molar-refractivity contribution in [2.45, 2.75) is 103 Å². The highest BCUT2D eigenvalue weighted by Crippen LogP contribution is 2.45. The fraction of sp³-hybridized carbons (Fsp3) is 0.386. The third-order valence-corrected chi connectivity index (χ3v) is 15.1. The van der Waals surface area contributed by atoms with Crippen molar-refractivity contribution in [3.63, 3.8) is 0 Å². The number of anilines is 1. The van der Waals surface area contributed by atoms with Crippen LogP contribution in [0.3, 0.4) is 0 Å². The summed E-state index contributed by atoms with van der Waals surface area (Å²) in [5, 5.41) is 27.2. The Morgan fingerprint density at radius 1 is 0.912 bits per heavy atom. The molecule has 1 fully saturated rings. The molecule has 9 rings (SSSR count). The number of phenolic OH excluding ortho intramolecular Hbond substituents is 2. The molecule has 0 amide bonds. The van der Waals surface area contributed by atoms with Crippen LogP contribution in [0.15, 0.2) is 133 Å². The number of methoxy groups -OCH3 is 1. The number of nitrogens with one attached hydrogen (secondary N) is 2. The van der Waals surface area contributed by atoms with Crippen molar-refractivity contribution in [1.29, 1.82) is 0 Å². The Bertz CT molecular complexity index is 2790. The monoisotopic (exact) mass is 916 g/mol. The normalized spacial score (nSPS) is 23.7. The van der Waals surface area contributed by atoms with Gasteiger partial charge in [0.25, 0.3) is 0 Å². The Kier molecular flexibility index (Phi) is 13.8. The molecule has 5 atom stereocenters. The molecule has 5 aromatic rings. The molecule has 3 aromatic carbocycles. The summed E-state index contributed by atoms with van der Waals surface area (Å²) in [4.78, 5) is 46.9. The van der Waals surface area contributed by atoms with E-state index in [4.69, 9.17) is 9.47 Å². The second kappa shape index (κ2) is 20.2. The SMILES string of the molecule is COc1cc(C2CC(=O)CC(OC(C)=O)CCC3(C=CC=CC3C)Cc3c[nH]cc3CC(c3cccc(O)c3)C3=CCNC(=C3)N(CCC(=O)C3CCCC3)c3cccc4cn2cc34)ccc1O. The van der Waals surface area contributed by atoms with Gasteiger partial charge < -0.3 is 39.5 Å². The van der Waals surface area contributed by atoms with E-state index in [1.165, 1.54) is 25.2 Å². The van der Waals surface area contributed by atoms with E-state index in [1.54, 1.807) is 18.2 Å². The highest BCUT2D eigenvalue weighted by atomic mass is 16.5. The predicted molar refractivity (Wildman–Crippen MR) is 266 cm³/mol. The summed E-state index contributed by atoms with van der Waals surface area (Å²) in [6.07, 6.45) is 28.0. The van der Waals surface area contributed by atoms with Crippen LogP contribution in [0.5, 0.6) is 17.2 Å². The highest BCUT2D eigenvalue weighted by Gasteiger charge is 2.37. The maximum absolute atomic E-state index is 14.6. The molecule has 1 saturated carbocycles. The summed E-state index contributed by atoms with van der Waals surface area (Å²) >= 11 is 0. The van der Waals surface area contributed by atoms with Crippen LogP contribution in [0, 0.1) is 17.3 Å². The Balaban J connectivity index is 1.20.